The summed E-state index contributed by atoms with van der Waals surface area (Å²) in [5.74, 6) is -5.67. The third-order valence-electron chi connectivity index (χ3n) is 3.68. The molecule has 8 N–H and O–H groups in total. The molecule has 0 aliphatic heterocycles. The number of carboxylic acid groups (broad SMARTS) is 2. The van der Waals surface area contributed by atoms with Gasteiger partial charge in [0.2, 0.25) is 17.7 Å². The maximum Gasteiger partial charge on any atom is 0.326 e. The summed E-state index contributed by atoms with van der Waals surface area (Å²) in [5.41, 5.74) is 5.32. The lowest BCUT2D eigenvalue weighted by atomic mass is 10.0. The van der Waals surface area contributed by atoms with E-state index in [1.165, 1.54) is 0 Å². The molecule has 0 fully saturated rings. The first-order chi connectivity index (χ1) is 13.4. The van der Waals surface area contributed by atoms with Crippen molar-refractivity contribution in [3.8, 4) is 0 Å². The second-order valence-corrected chi connectivity index (χ2v) is 7.09. The highest BCUT2D eigenvalue weighted by Crippen LogP contribution is 2.06. The number of carboxylic acids is 2. The van der Waals surface area contributed by atoms with Gasteiger partial charge in [-0.15, -0.1) is 0 Å². The maximum absolute atomic E-state index is 12.4. The van der Waals surface area contributed by atoms with E-state index in [-0.39, 0.29) is 18.1 Å². The number of thiol groups is 1. The van der Waals surface area contributed by atoms with Crippen LogP contribution < -0.4 is 21.7 Å². The number of nitrogens with one attached hydrogen (secondary N) is 3. The average molecular weight is 436 g/mol. The predicted octanol–water partition coefficient (Wildman–Crippen LogP) is -2.70. The van der Waals surface area contributed by atoms with E-state index in [9.17, 15) is 29.1 Å². The Kier molecular flexibility index (Phi) is 11.9. The SMILES string of the molecule is CC(C)CC(NC(=O)C(CS)NC(=O)C(CC(=O)O)NC(=O)C(N)CO)C(=O)O. The first-order valence-electron chi connectivity index (χ1n) is 8.75. The zero-order valence-corrected chi connectivity index (χ0v) is 17.0. The van der Waals surface area contributed by atoms with Crippen LogP contribution in [0.3, 0.4) is 0 Å². The number of hydrogen-bond acceptors (Lipinski definition) is 8. The summed E-state index contributed by atoms with van der Waals surface area (Å²) in [5, 5.41) is 33.6. The van der Waals surface area contributed by atoms with Crippen LogP contribution in [0.2, 0.25) is 0 Å². The van der Waals surface area contributed by atoms with Crippen molar-refractivity contribution in [1.82, 2.24) is 16.0 Å². The van der Waals surface area contributed by atoms with Gasteiger partial charge in [0.15, 0.2) is 0 Å². The van der Waals surface area contributed by atoms with Gasteiger partial charge in [-0.2, -0.15) is 12.6 Å². The molecule has 0 rings (SSSR count). The van der Waals surface area contributed by atoms with Crippen molar-refractivity contribution in [3.63, 3.8) is 0 Å². The fourth-order valence-corrected chi connectivity index (χ4v) is 2.43. The van der Waals surface area contributed by atoms with E-state index in [2.05, 4.69) is 28.6 Å². The van der Waals surface area contributed by atoms with Gasteiger partial charge in [0, 0.05) is 5.75 Å². The van der Waals surface area contributed by atoms with Gasteiger partial charge in [0.1, 0.15) is 24.2 Å². The number of carbonyl (C=O) groups is 5. The van der Waals surface area contributed by atoms with Gasteiger partial charge >= 0.3 is 11.9 Å². The topological polar surface area (TPSA) is 208 Å². The van der Waals surface area contributed by atoms with Crippen molar-refractivity contribution in [3.05, 3.63) is 0 Å². The van der Waals surface area contributed by atoms with E-state index in [4.69, 9.17) is 15.9 Å². The molecule has 0 aromatic carbocycles. The molecule has 0 radical (unpaired) electrons. The second-order valence-electron chi connectivity index (χ2n) is 6.72. The van der Waals surface area contributed by atoms with Gasteiger partial charge in [0.05, 0.1) is 13.0 Å². The molecule has 0 saturated carbocycles. The zero-order valence-electron chi connectivity index (χ0n) is 16.1. The van der Waals surface area contributed by atoms with Gasteiger partial charge in [-0.1, -0.05) is 13.8 Å². The highest BCUT2D eigenvalue weighted by atomic mass is 32.1. The standard InChI is InChI=1S/C16H28N4O8S/c1-7(2)3-10(16(27)28)19-15(26)11(6-29)20-14(25)9(4-12(22)23)18-13(24)8(17)5-21/h7-11,21,29H,3-6,17H2,1-2H3,(H,18,24)(H,19,26)(H,20,25)(H,22,23)(H,27,28). The van der Waals surface area contributed by atoms with Crippen molar-refractivity contribution in [2.75, 3.05) is 12.4 Å². The molecular formula is C16H28N4O8S. The fourth-order valence-electron chi connectivity index (χ4n) is 2.18. The highest BCUT2D eigenvalue weighted by molar-refractivity contribution is 7.80. The van der Waals surface area contributed by atoms with Crippen molar-refractivity contribution < 1.29 is 39.3 Å². The van der Waals surface area contributed by atoms with E-state index in [0.29, 0.717) is 0 Å². The largest absolute Gasteiger partial charge is 0.481 e. The summed E-state index contributed by atoms with van der Waals surface area (Å²) < 4.78 is 0. The lowest BCUT2D eigenvalue weighted by Crippen LogP contribution is -2.58. The molecule has 0 spiro atoms. The number of aliphatic hydroxyl groups is 1. The van der Waals surface area contributed by atoms with Crippen LogP contribution in [-0.4, -0.2) is 81.5 Å². The Morgan fingerprint density at radius 2 is 1.38 bits per heavy atom. The molecule has 12 nitrogen and oxygen atoms in total. The smallest absolute Gasteiger partial charge is 0.326 e. The number of carbonyl (C=O) groups excluding carboxylic acids is 3. The Labute approximate surface area is 173 Å². The molecular weight excluding hydrogens is 408 g/mol. The minimum atomic E-state index is -1.57. The Balaban J connectivity index is 5.21. The average Bonchev–Trinajstić information content (AvgIpc) is 2.62. The molecule has 0 bridgehead atoms. The minimum Gasteiger partial charge on any atom is -0.481 e. The number of aliphatic carboxylic acids is 2. The van der Waals surface area contributed by atoms with Crippen molar-refractivity contribution in [2.45, 2.75) is 50.9 Å². The summed E-state index contributed by atoms with van der Waals surface area (Å²) in [6.45, 7) is 2.83. The van der Waals surface area contributed by atoms with Gasteiger partial charge in [0.25, 0.3) is 0 Å². The molecule has 0 aliphatic carbocycles. The van der Waals surface area contributed by atoms with E-state index in [1.807, 2.05) is 0 Å². The minimum absolute atomic E-state index is 0.0219. The van der Waals surface area contributed by atoms with E-state index in [0.717, 1.165) is 0 Å². The molecule has 166 valence electrons. The van der Waals surface area contributed by atoms with E-state index in [1.54, 1.807) is 13.8 Å². The Bertz CT molecular complexity index is 616. The van der Waals surface area contributed by atoms with Crippen LogP contribution in [-0.2, 0) is 24.0 Å². The summed E-state index contributed by atoms with van der Waals surface area (Å²) >= 11 is 3.95. The van der Waals surface area contributed by atoms with Crippen molar-refractivity contribution in [1.29, 1.82) is 0 Å². The van der Waals surface area contributed by atoms with E-state index < -0.39 is 66.9 Å². The number of amides is 3. The Morgan fingerprint density at radius 3 is 1.79 bits per heavy atom. The molecule has 3 amide bonds. The molecule has 0 aliphatic rings. The summed E-state index contributed by atoms with van der Waals surface area (Å²) in [6, 6.07) is -5.40. The van der Waals surface area contributed by atoms with Crippen LogP contribution in [0.4, 0.5) is 0 Å². The van der Waals surface area contributed by atoms with Crippen LogP contribution in [0.25, 0.3) is 0 Å². The number of rotatable bonds is 13. The summed E-state index contributed by atoms with van der Waals surface area (Å²) in [6.07, 6.45) is -0.646. The molecule has 4 unspecified atom stereocenters. The van der Waals surface area contributed by atoms with Crippen LogP contribution in [0.5, 0.6) is 0 Å². The van der Waals surface area contributed by atoms with Crippen molar-refractivity contribution in [2.24, 2.45) is 11.7 Å². The predicted molar refractivity (Wildman–Crippen MR) is 104 cm³/mol. The molecule has 4 atom stereocenters. The van der Waals surface area contributed by atoms with Gasteiger partial charge < -0.3 is 37.0 Å². The number of aliphatic hydroxyl groups excluding tert-OH is 1. The first-order valence-corrected chi connectivity index (χ1v) is 9.39. The Hall–Kier alpha value is -2.38. The summed E-state index contributed by atoms with van der Waals surface area (Å²) in [7, 11) is 0. The fraction of sp³-hybridized carbons (Fsp3) is 0.688. The lowest BCUT2D eigenvalue weighted by Gasteiger charge is -2.24. The molecule has 0 saturated heterocycles. The lowest BCUT2D eigenvalue weighted by molar-refractivity contribution is -0.143. The summed E-state index contributed by atoms with van der Waals surface area (Å²) in [4.78, 5) is 58.7. The highest BCUT2D eigenvalue weighted by Gasteiger charge is 2.31. The molecule has 29 heavy (non-hydrogen) atoms. The van der Waals surface area contributed by atoms with Gasteiger partial charge in [-0.05, 0) is 12.3 Å². The zero-order chi connectivity index (χ0) is 22.7. The second kappa shape index (κ2) is 13.0. The van der Waals surface area contributed by atoms with Crippen LogP contribution in [0, 0.1) is 5.92 Å². The van der Waals surface area contributed by atoms with Crippen LogP contribution in [0.1, 0.15) is 26.7 Å². The van der Waals surface area contributed by atoms with E-state index >= 15 is 0 Å². The van der Waals surface area contributed by atoms with Gasteiger partial charge in [-0.25, -0.2) is 4.79 Å². The number of nitrogens with two attached hydrogens (primary N) is 1. The Morgan fingerprint density at radius 1 is 0.897 bits per heavy atom. The third kappa shape index (κ3) is 10.1. The normalized spacial score (nSPS) is 15.0. The quantitative estimate of drug-likeness (QED) is 0.141. The van der Waals surface area contributed by atoms with Gasteiger partial charge in [-0.3, -0.25) is 19.2 Å². The molecule has 0 heterocycles. The molecule has 0 aromatic rings. The third-order valence-corrected chi connectivity index (χ3v) is 4.05. The monoisotopic (exact) mass is 436 g/mol. The van der Waals surface area contributed by atoms with Crippen LogP contribution in [0.15, 0.2) is 0 Å². The van der Waals surface area contributed by atoms with Crippen LogP contribution >= 0.6 is 12.6 Å². The first kappa shape index (κ1) is 26.6. The maximum atomic E-state index is 12.4. The molecule has 0 aromatic heterocycles. The number of hydrogen-bond donors (Lipinski definition) is 8. The molecule has 13 heteroatoms. The van der Waals surface area contributed by atoms with Crippen molar-refractivity contribution >= 4 is 42.3 Å².